The maximum Gasteiger partial charge on any atom is 0.108 e. The molecule has 1 N–H and O–H groups in total. The lowest BCUT2D eigenvalue weighted by Gasteiger charge is -2.15. The highest BCUT2D eigenvalue weighted by Crippen LogP contribution is 2.44. The predicted molar refractivity (Wildman–Crippen MR) is 186 cm³/mol. The van der Waals surface area contributed by atoms with Crippen LogP contribution >= 0.6 is 23.5 Å². The quantitative estimate of drug-likeness (QED) is 0.195. The Morgan fingerprint density at radius 3 is 1.84 bits per heavy atom. The lowest BCUT2D eigenvalue weighted by Crippen LogP contribution is -2.04. The largest absolute Gasteiger partial charge is 0.384 e. The summed E-state index contributed by atoms with van der Waals surface area (Å²) >= 11 is 3.29. The molecule has 4 heterocycles. The second-order valence-corrected chi connectivity index (χ2v) is 14.4. The van der Waals surface area contributed by atoms with Gasteiger partial charge in [-0.05, 0) is 111 Å². The van der Waals surface area contributed by atoms with Crippen LogP contribution in [0, 0.1) is 0 Å². The van der Waals surface area contributed by atoms with Crippen molar-refractivity contribution >= 4 is 34.7 Å². The second-order valence-electron chi connectivity index (χ2n) is 12.8. The van der Waals surface area contributed by atoms with Crippen molar-refractivity contribution < 1.29 is 5.11 Å². The fourth-order valence-electron chi connectivity index (χ4n) is 6.46. The number of aliphatic hydroxyl groups is 1. The number of hydrogen-bond donors (Lipinski definition) is 1. The van der Waals surface area contributed by atoms with E-state index in [2.05, 4.69) is 66.5 Å². The van der Waals surface area contributed by atoms with Crippen molar-refractivity contribution in [3.8, 4) is 0 Å². The number of aliphatic hydroxyl groups excluding tert-OH is 1. The van der Waals surface area contributed by atoms with Crippen molar-refractivity contribution in [2.24, 2.45) is 0 Å². The van der Waals surface area contributed by atoms with E-state index < -0.39 is 6.10 Å². The monoisotopic (exact) mass is 632 g/mol. The molecule has 7 heteroatoms. The van der Waals surface area contributed by atoms with Gasteiger partial charge in [0.2, 0.25) is 0 Å². The van der Waals surface area contributed by atoms with E-state index in [1.807, 2.05) is 24.6 Å². The molecule has 1 unspecified atom stereocenters. The molecule has 4 aromatic rings. The minimum atomic E-state index is -0.651. The summed E-state index contributed by atoms with van der Waals surface area (Å²) < 4.78 is 0. The topological polar surface area (TPSA) is 71.8 Å². The highest BCUT2D eigenvalue weighted by atomic mass is 32.2. The lowest BCUT2D eigenvalue weighted by atomic mass is 9.99. The molecule has 0 saturated heterocycles. The van der Waals surface area contributed by atoms with Crippen LogP contribution < -0.4 is 0 Å². The fraction of sp³-hybridized carbons (Fsp3) is 0.368. The van der Waals surface area contributed by atoms with E-state index in [-0.39, 0.29) is 0 Å². The molecule has 4 aliphatic rings. The summed E-state index contributed by atoms with van der Waals surface area (Å²) in [4.78, 5) is 18.8. The van der Waals surface area contributed by atoms with Gasteiger partial charge < -0.3 is 5.11 Å². The maximum absolute atomic E-state index is 10.9. The summed E-state index contributed by atoms with van der Waals surface area (Å²) in [6.45, 7) is 4.35. The Balaban J connectivity index is 0.000000145. The Hall–Kier alpha value is -3.26. The van der Waals surface area contributed by atoms with Crippen LogP contribution in [-0.4, -0.2) is 37.6 Å². The molecule has 4 aromatic heterocycles. The molecule has 4 aliphatic carbocycles. The molecule has 8 rings (SSSR count). The van der Waals surface area contributed by atoms with Gasteiger partial charge in [0.25, 0.3) is 0 Å². The van der Waals surface area contributed by atoms with Crippen molar-refractivity contribution in [2.45, 2.75) is 86.8 Å². The van der Waals surface area contributed by atoms with E-state index >= 15 is 0 Å². The van der Waals surface area contributed by atoms with Crippen LogP contribution in [-0.2, 0) is 19.3 Å². The Morgan fingerprint density at radius 2 is 1.29 bits per heavy atom. The third-order valence-electron chi connectivity index (χ3n) is 9.36. The molecule has 0 aliphatic heterocycles. The first-order chi connectivity index (χ1) is 21.9. The zero-order valence-corrected chi connectivity index (χ0v) is 28.1. The van der Waals surface area contributed by atoms with Gasteiger partial charge in [-0.1, -0.05) is 35.4 Å². The predicted octanol–water partition coefficient (Wildman–Crippen LogP) is 8.79. The zero-order chi connectivity index (χ0) is 31.1. The number of nitrogens with zero attached hydrogens (tertiary/aromatic N) is 4. The maximum atomic E-state index is 10.9. The number of hydrogen-bond acceptors (Lipinski definition) is 7. The first kappa shape index (κ1) is 30.4. The zero-order valence-electron chi connectivity index (χ0n) is 26.5. The molecule has 0 bridgehead atoms. The van der Waals surface area contributed by atoms with Gasteiger partial charge in [0.1, 0.15) is 6.10 Å². The highest BCUT2D eigenvalue weighted by Gasteiger charge is 2.31. The second kappa shape index (κ2) is 12.9. The van der Waals surface area contributed by atoms with Crippen LogP contribution in [0.3, 0.4) is 0 Å². The normalized spacial score (nSPS) is 17.6. The molecular formula is C38H40N4OS2. The molecule has 5 nitrogen and oxygen atoms in total. The summed E-state index contributed by atoms with van der Waals surface area (Å²) in [5.74, 6) is 1.34. The Kier molecular flexibility index (Phi) is 8.68. The van der Waals surface area contributed by atoms with Gasteiger partial charge in [-0.15, -0.1) is 23.5 Å². The standard InChI is InChI=1S/C19H20N2OS.C19H20N2S/c1-11-9-13-5-7-15(12-3-4-12)21-18(13)17(11)19(22)14-6-8-16(23-2)20-10-14;1-12-9-15-6-7-17(14-4-5-14)21-19(15)16(12)10-13-3-8-18(22-2)20-11-13/h5-8,10,12,19,22H,3-4,9H2,1-2H3;3,6-8,11,14H,4-5,9-10H2,1-2H3. The van der Waals surface area contributed by atoms with Crippen molar-refractivity contribution in [1.82, 2.24) is 19.9 Å². The SMILES string of the molecule is CSc1ccc(C(O)C2=C(C)Cc3ccc(C4CC4)nc32)cn1.CSc1ccc(CC2=C(C)Cc3ccc(C4CC4)nc32)cn1. The van der Waals surface area contributed by atoms with Crippen LogP contribution in [0.25, 0.3) is 11.1 Å². The first-order valence-corrected chi connectivity index (χ1v) is 18.4. The van der Waals surface area contributed by atoms with Crippen LogP contribution in [0.4, 0.5) is 0 Å². The van der Waals surface area contributed by atoms with Crippen molar-refractivity contribution in [3.63, 3.8) is 0 Å². The third kappa shape index (κ3) is 6.53. The molecule has 0 aromatic carbocycles. The molecule has 45 heavy (non-hydrogen) atoms. The molecule has 230 valence electrons. The molecular weight excluding hydrogens is 593 g/mol. The number of aromatic nitrogens is 4. The Morgan fingerprint density at radius 1 is 0.711 bits per heavy atom. The van der Waals surface area contributed by atoms with Crippen molar-refractivity contribution in [2.75, 3.05) is 12.5 Å². The number of pyridine rings is 4. The van der Waals surface area contributed by atoms with Gasteiger partial charge in [0.15, 0.2) is 0 Å². The summed E-state index contributed by atoms with van der Waals surface area (Å²) in [6.07, 6.45) is 15.2. The van der Waals surface area contributed by atoms with Gasteiger partial charge in [0.05, 0.1) is 21.4 Å². The molecule has 2 saturated carbocycles. The molecule has 0 amide bonds. The number of fused-ring (bicyclic) bond motifs is 2. The molecule has 1 atom stereocenters. The highest BCUT2D eigenvalue weighted by molar-refractivity contribution is 7.98. The van der Waals surface area contributed by atoms with Crippen LogP contribution in [0.5, 0.6) is 0 Å². The van der Waals surface area contributed by atoms with Crippen LogP contribution in [0.2, 0.25) is 0 Å². The Bertz CT molecular complexity index is 1790. The summed E-state index contributed by atoms with van der Waals surface area (Å²) in [5, 5.41) is 12.9. The van der Waals surface area contributed by atoms with E-state index in [9.17, 15) is 5.11 Å². The fourth-order valence-corrected chi connectivity index (χ4v) is 7.18. The van der Waals surface area contributed by atoms with E-state index in [0.717, 1.165) is 52.1 Å². The van der Waals surface area contributed by atoms with Gasteiger partial charge >= 0.3 is 0 Å². The first-order valence-electron chi connectivity index (χ1n) is 16.0. The minimum Gasteiger partial charge on any atom is -0.384 e. The van der Waals surface area contributed by atoms with Crippen molar-refractivity contribution in [1.29, 1.82) is 0 Å². The molecule has 0 radical (unpaired) electrons. The minimum absolute atomic E-state index is 0.627. The summed E-state index contributed by atoms with van der Waals surface area (Å²) in [5.41, 5.74) is 14.5. The van der Waals surface area contributed by atoms with E-state index in [4.69, 9.17) is 9.97 Å². The number of thioether (sulfide) groups is 2. The van der Waals surface area contributed by atoms with Gasteiger partial charge in [0, 0.05) is 53.2 Å². The van der Waals surface area contributed by atoms with E-state index in [1.165, 1.54) is 76.2 Å². The third-order valence-corrected chi connectivity index (χ3v) is 10.7. The van der Waals surface area contributed by atoms with Crippen LogP contribution in [0.15, 0.2) is 82.1 Å². The summed E-state index contributed by atoms with van der Waals surface area (Å²) in [7, 11) is 0. The average Bonchev–Trinajstić information content (AvgIpc) is 4.01. The Labute approximate surface area is 275 Å². The molecule has 0 spiro atoms. The average molecular weight is 633 g/mol. The van der Waals surface area contributed by atoms with Gasteiger partial charge in [-0.3, -0.25) is 9.97 Å². The van der Waals surface area contributed by atoms with Gasteiger partial charge in [-0.2, -0.15) is 0 Å². The number of allylic oxidation sites excluding steroid dienone is 3. The lowest BCUT2D eigenvalue weighted by molar-refractivity contribution is 0.237. The van der Waals surface area contributed by atoms with E-state index in [0.29, 0.717) is 5.92 Å². The van der Waals surface area contributed by atoms with Gasteiger partial charge in [-0.25, -0.2) is 9.97 Å². The van der Waals surface area contributed by atoms with Crippen molar-refractivity contribution in [3.05, 3.63) is 117 Å². The van der Waals surface area contributed by atoms with E-state index in [1.54, 1.807) is 29.7 Å². The molecule has 2 fully saturated rings. The smallest absolute Gasteiger partial charge is 0.108 e. The van der Waals surface area contributed by atoms with Crippen LogP contribution in [0.1, 0.15) is 103 Å². The number of rotatable bonds is 8. The summed E-state index contributed by atoms with van der Waals surface area (Å²) in [6, 6.07) is 17.1.